The van der Waals surface area contributed by atoms with Crippen molar-refractivity contribution in [2.75, 3.05) is 26.2 Å². The molecule has 0 saturated carbocycles. The minimum Gasteiger partial charge on any atom is -0.315 e. The fraction of sp³-hybridized carbons (Fsp3) is 0.538. The fourth-order valence-electron chi connectivity index (χ4n) is 2.15. The molecule has 1 aliphatic heterocycles. The summed E-state index contributed by atoms with van der Waals surface area (Å²) in [6.45, 7) is 4.81. The molecule has 2 rings (SSSR count). The van der Waals surface area contributed by atoms with E-state index in [1.54, 1.807) is 12.1 Å². The minimum absolute atomic E-state index is 0.121. The fourth-order valence-corrected chi connectivity index (χ4v) is 2.15. The number of hydrogen-bond donors (Lipinski definition) is 1. The van der Waals surface area contributed by atoms with Crippen molar-refractivity contribution in [3.8, 4) is 0 Å². The van der Waals surface area contributed by atoms with Gasteiger partial charge in [0.25, 0.3) is 6.43 Å². The van der Waals surface area contributed by atoms with Gasteiger partial charge in [0.05, 0.1) is 0 Å². The van der Waals surface area contributed by atoms with E-state index in [1.807, 2.05) is 6.07 Å². The first kappa shape index (κ1) is 12.5. The second-order valence-corrected chi connectivity index (χ2v) is 4.43. The van der Waals surface area contributed by atoms with Crippen molar-refractivity contribution in [3.63, 3.8) is 0 Å². The lowest BCUT2D eigenvalue weighted by Crippen LogP contribution is -2.27. The lowest BCUT2D eigenvalue weighted by atomic mass is 10.1. The van der Waals surface area contributed by atoms with Gasteiger partial charge in [-0.3, -0.25) is 4.90 Å². The van der Waals surface area contributed by atoms with Gasteiger partial charge >= 0.3 is 0 Å². The summed E-state index contributed by atoms with van der Waals surface area (Å²) in [4.78, 5) is 2.31. The van der Waals surface area contributed by atoms with Crippen molar-refractivity contribution < 1.29 is 8.78 Å². The van der Waals surface area contributed by atoms with Gasteiger partial charge in [0.15, 0.2) is 0 Å². The second-order valence-electron chi connectivity index (χ2n) is 4.43. The Morgan fingerprint density at radius 3 is 2.94 bits per heavy atom. The Labute approximate surface area is 101 Å². The summed E-state index contributed by atoms with van der Waals surface area (Å²) in [6, 6.07) is 6.73. The molecule has 0 atom stereocenters. The SMILES string of the molecule is FC(F)c1cccc(CN2CCCNCC2)c1. The highest BCUT2D eigenvalue weighted by Crippen LogP contribution is 2.20. The highest BCUT2D eigenvalue weighted by Gasteiger charge is 2.11. The Morgan fingerprint density at radius 2 is 2.12 bits per heavy atom. The number of benzene rings is 1. The highest BCUT2D eigenvalue weighted by molar-refractivity contribution is 5.24. The molecular weight excluding hydrogens is 222 g/mol. The third kappa shape index (κ3) is 3.75. The Morgan fingerprint density at radius 1 is 1.24 bits per heavy atom. The van der Waals surface area contributed by atoms with Crippen LogP contribution in [0.2, 0.25) is 0 Å². The Hall–Kier alpha value is -1.00. The third-order valence-electron chi connectivity index (χ3n) is 3.04. The average Bonchev–Trinajstić information content (AvgIpc) is 2.58. The molecule has 0 aliphatic carbocycles. The summed E-state index contributed by atoms with van der Waals surface area (Å²) < 4.78 is 25.1. The summed E-state index contributed by atoms with van der Waals surface area (Å²) in [5.41, 5.74) is 1.10. The van der Waals surface area contributed by atoms with E-state index in [0.717, 1.165) is 44.7 Å². The van der Waals surface area contributed by atoms with Crippen LogP contribution in [-0.4, -0.2) is 31.1 Å². The molecule has 1 N–H and O–H groups in total. The molecule has 0 aromatic heterocycles. The standard InChI is InChI=1S/C13H18F2N2/c14-13(15)12-4-1-3-11(9-12)10-17-7-2-5-16-6-8-17/h1,3-4,9,13,16H,2,5-8,10H2. The summed E-state index contributed by atoms with van der Waals surface area (Å²) in [5.74, 6) is 0. The van der Waals surface area contributed by atoms with Crippen LogP contribution in [0, 0.1) is 0 Å². The maximum Gasteiger partial charge on any atom is 0.263 e. The molecule has 2 nitrogen and oxygen atoms in total. The van der Waals surface area contributed by atoms with E-state index < -0.39 is 6.43 Å². The Balaban J connectivity index is 1.99. The lowest BCUT2D eigenvalue weighted by molar-refractivity contribution is 0.151. The topological polar surface area (TPSA) is 15.3 Å². The van der Waals surface area contributed by atoms with Gasteiger partial charge in [-0.05, 0) is 31.1 Å². The molecule has 17 heavy (non-hydrogen) atoms. The summed E-state index contributed by atoms with van der Waals surface area (Å²) in [6.07, 6.45) is -1.25. The summed E-state index contributed by atoms with van der Waals surface area (Å²) >= 11 is 0. The van der Waals surface area contributed by atoms with Crippen LogP contribution in [0.3, 0.4) is 0 Å². The zero-order valence-corrected chi connectivity index (χ0v) is 9.83. The molecule has 0 radical (unpaired) electrons. The monoisotopic (exact) mass is 240 g/mol. The largest absolute Gasteiger partial charge is 0.315 e. The lowest BCUT2D eigenvalue weighted by Gasteiger charge is -2.19. The number of nitrogens with one attached hydrogen (secondary N) is 1. The van der Waals surface area contributed by atoms with Crippen molar-refractivity contribution in [1.29, 1.82) is 0 Å². The molecule has 4 heteroatoms. The van der Waals surface area contributed by atoms with Crippen molar-refractivity contribution in [2.45, 2.75) is 19.4 Å². The Kier molecular flexibility index (Phi) is 4.45. The van der Waals surface area contributed by atoms with Gasteiger partial charge in [-0.1, -0.05) is 18.2 Å². The minimum atomic E-state index is -2.37. The third-order valence-corrected chi connectivity index (χ3v) is 3.04. The van der Waals surface area contributed by atoms with Gasteiger partial charge in [-0.25, -0.2) is 8.78 Å². The molecule has 1 saturated heterocycles. The van der Waals surface area contributed by atoms with Crippen LogP contribution in [0.1, 0.15) is 24.0 Å². The number of alkyl halides is 2. The van der Waals surface area contributed by atoms with Gasteiger partial charge in [0, 0.05) is 25.2 Å². The molecule has 0 amide bonds. The maximum absolute atomic E-state index is 12.6. The molecule has 0 bridgehead atoms. The quantitative estimate of drug-likeness (QED) is 0.873. The second kappa shape index (κ2) is 6.07. The first-order valence-electron chi connectivity index (χ1n) is 6.06. The van der Waals surface area contributed by atoms with Gasteiger partial charge < -0.3 is 5.32 Å². The first-order chi connectivity index (χ1) is 8.25. The van der Waals surface area contributed by atoms with Crippen molar-refractivity contribution in [3.05, 3.63) is 35.4 Å². The summed E-state index contributed by atoms with van der Waals surface area (Å²) in [5, 5.41) is 3.33. The molecule has 1 fully saturated rings. The van der Waals surface area contributed by atoms with Crippen LogP contribution < -0.4 is 5.32 Å². The van der Waals surface area contributed by atoms with E-state index in [9.17, 15) is 8.78 Å². The normalized spacial score (nSPS) is 18.3. The van der Waals surface area contributed by atoms with Gasteiger partial charge in [-0.15, -0.1) is 0 Å². The number of nitrogens with zero attached hydrogens (tertiary/aromatic N) is 1. The molecule has 1 aromatic carbocycles. The summed E-state index contributed by atoms with van der Waals surface area (Å²) in [7, 11) is 0. The Bertz CT molecular complexity index is 347. The molecule has 94 valence electrons. The maximum atomic E-state index is 12.6. The number of halogens is 2. The van der Waals surface area contributed by atoms with Crippen LogP contribution in [0.5, 0.6) is 0 Å². The van der Waals surface area contributed by atoms with Crippen LogP contribution in [-0.2, 0) is 6.54 Å². The van der Waals surface area contributed by atoms with Crippen LogP contribution >= 0.6 is 0 Å². The molecule has 0 unspecified atom stereocenters. The first-order valence-corrected chi connectivity index (χ1v) is 6.06. The van der Waals surface area contributed by atoms with E-state index in [1.165, 1.54) is 6.07 Å². The van der Waals surface area contributed by atoms with Crippen molar-refractivity contribution >= 4 is 0 Å². The van der Waals surface area contributed by atoms with E-state index >= 15 is 0 Å². The van der Waals surface area contributed by atoms with Crippen LogP contribution in [0.4, 0.5) is 8.78 Å². The van der Waals surface area contributed by atoms with Gasteiger partial charge in [0.2, 0.25) is 0 Å². The molecule has 1 heterocycles. The molecule has 1 aromatic rings. The molecule has 1 aliphatic rings. The number of hydrogen-bond acceptors (Lipinski definition) is 2. The molecule has 0 spiro atoms. The molecular formula is C13H18F2N2. The van der Waals surface area contributed by atoms with Crippen LogP contribution in [0.15, 0.2) is 24.3 Å². The predicted molar refractivity (Wildman–Crippen MR) is 64.2 cm³/mol. The van der Waals surface area contributed by atoms with E-state index in [0.29, 0.717) is 0 Å². The van der Waals surface area contributed by atoms with E-state index in [4.69, 9.17) is 0 Å². The predicted octanol–water partition coefficient (Wildman–Crippen LogP) is 2.42. The highest BCUT2D eigenvalue weighted by atomic mass is 19.3. The van der Waals surface area contributed by atoms with E-state index in [-0.39, 0.29) is 5.56 Å². The average molecular weight is 240 g/mol. The van der Waals surface area contributed by atoms with Crippen molar-refractivity contribution in [1.82, 2.24) is 10.2 Å². The van der Waals surface area contributed by atoms with E-state index in [2.05, 4.69) is 10.2 Å². The van der Waals surface area contributed by atoms with Crippen molar-refractivity contribution in [2.24, 2.45) is 0 Å². The number of rotatable bonds is 3. The zero-order valence-electron chi connectivity index (χ0n) is 9.83. The van der Waals surface area contributed by atoms with Gasteiger partial charge in [-0.2, -0.15) is 0 Å². The van der Waals surface area contributed by atoms with Crippen LogP contribution in [0.25, 0.3) is 0 Å². The van der Waals surface area contributed by atoms with Gasteiger partial charge in [0.1, 0.15) is 0 Å². The smallest absolute Gasteiger partial charge is 0.263 e. The zero-order chi connectivity index (χ0) is 12.1.